The summed E-state index contributed by atoms with van der Waals surface area (Å²) < 4.78 is 0. The van der Waals surface area contributed by atoms with Gasteiger partial charge in [-0.2, -0.15) is 0 Å². The predicted octanol–water partition coefficient (Wildman–Crippen LogP) is 2.98. The molecule has 0 spiro atoms. The monoisotopic (exact) mass is 248 g/mol. The molecule has 0 saturated carbocycles. The van der Waals surface area contributed by atoms with E-state index < -0.39 is 0 Å². The van der Waals surface area contributed by atoms with Gasteiger partial charge in [-0.25, -0.2) is 4.98 Å². The molecule has 0 saturated heterocycles. The van der Waals surface area contributed by atoms with Gasteiger partial charge >= 0.3 is 0 Å². The molecule has 1 aromatic heterocycles. The maximum atomic E-state index is 12.0. The topological polar surface area (TPSA) is 33.2 Å². The summed E-state index contributed by atoms with van der Waals surface area (Å²) in [5.41, 5.74) is 0.387. The van der Waals surface area contributed by atoms with Gasteiger partial charge in [0, 0.05) is 19.0 Å². The van der Waals surface area contributed by atoms with Crippen LogP contribution in [0.3, 0.4) is 0 Å². The van der Waals surface area contributed by atoms with Crippen LogP contribution in [0.4, 0.5) is 0 Å². The maximum absolute atomic E-state index is 12.0. The molecule has 2 aromatic rings. The fraction of sp³-hybridized carbons (Fsp3) is 0.231. The van der Waals surface area contributed by atoms with E-state index in [-0.39, 0.29) is 5.91 Å². The second-order valence-corrected chi connectivity index (χ2v) is 4.20. The largest absolute Gasteiger partial charge is 0.341 e. The molecule has 4 heteroatoms. The number of aromatic nitrogens is 1. The van der Waals surface area contributed by atoms with Crippen LogP contribution in [0, 0.1) is 0 Å². The van der Waals surface area contributed by atoms with Crippen LogP contribution < -0.4 is 0 Å². The number of fused-ring (bicyclic) bond motifs is 1. The van der Waals surface area contributed by atoms with E-state index >= 15 is 0 Å². The van der Waals surface area contributed by atoms with Crippen molar-refractivity contribution in [3.63, 3.8) is 0 Å². The molecule has 0 unspecified atom stereocenters. The number of hydrogen-bond donors (Lipinski definition) is 0. The number of rotatable bonds is 2. The molecule has 1 heterocycles. The van der Waals surface area contributed by atoms with E-state index in [0.29, 0.717) is 17.4 Å². The minimum atomic E-state index is -0.111. The van der Waals surface area contributed by atoms with Crippen molar-refractivity contribution in [1.29, 1.82) is 0 Å². The summed E-state index contributed by atoms with van der Waals surface area (Å²) in [4.78, 5) is 17.7. The van der Waals surface area contributed by atoms with Crippen LogP contribution in [0.5, 0.6) is 0 Å². The summed E-state index contributed by atoms with van der Waals surface area (Å²) in [7, 11) is 1.74. The third kappa shape index (κ3) is 2.24. The van der Waals surface area contributed by atoms with Crippen LogP contribution >= 0.6 is 11.6 Å². The number of hydrogen-bond acceptors (Lipinski definition) is 2. The molecule has 0 aliphatic rings. The standard InChI is InChI=1S/C13H13ClN2O/c1-3-16(2)13(17)11-8-9-6-4-5-7-10(9)12(14)15-11/h4-8H,3H2,1-2H3. The highest BCUT2D eigenvalue weighted by molar-refractivity contribution is 6.34. The van der Waals surface area contributed by atoms with Gasteiger partial charge in [0.05, 0.1) is 0 Å². The van der Waals surface area contributed by atoms with Gasteiger partial charge in [0.15, 0.2) is 0 Å². The van der Waals surface area contributed by atoms with E-state index in [1.807, 2.05) is 31.2 Å². The fourth-order valence-electron chi connectivity index (χ4n) is 1.61. The van der Waals surface area contributed by atoms with E-state index in [2.05, 4.69) is 4.98 Å². The number of carbonyl (C=O) groups excluding carboxylic acids is 1. The Morgan fingerprint density at radius 2 is 2.12 bits per heavy atom. The second-order valence-electron chi connectivity index (χ2n) is 3.84. The molecule has 1 amide bonds. The molecule has 0 aliphatic carbocycles. The lowest BCUT2D eigenvalue weighted by molar-refractivity contribution is 0.0797. The zero-order valence-electron chi connectivity index (χ0n) is 9.77. The molecule has 0 radical (unpaired) electrons. The van der Waals surface area contributed by atoms with Crippen LogP contribution in [0.1, 0.15) is 17.4 Å². The van der Waals surface area contributed by atoms with Crippen LogP contribution in [-0.4, -0.2) is 29.4 Å². The summed E-state index contributed by atoms with van der Waals surface area (Å²) >= 11 is 6.07. The lowest BCUT2D eigenvalue weighted by Crippen LogP contribution is -2.27. The molecule has 3 nitrogen and oxygen atoms in total. The second kappa shape index (κ2) is 4.72. The van der Waals surface area contributed by atoms with Gasteiger partial charge in [-0.15, -0.1) is 0 Å². The van der Waals surface area contributed by atoms with E-state index in [0.717, 1.165) is 10.8 Å². The minimum absolute atomic E-state index is 0.111. The van der Waals surface area contributed by atoms with Crippen LogP contribution in [0.25, 0.3) is 10.8 Å². The van der Waals surface area contributed by atoms with Gasteiger partial charge in [-0.1, -0.05) is 35.9 Å². The third-order valence-electron chi connectivity index (χ3n) is 2.73. The van der Waals surface area contributed by atoms with Crippen molar-refractivity contribution in [1.82, 2.24) is 9.88 Å². The van der Waals surface area contributed by atoms with Gasteiger partial charge in [0.25, 0.3) is 5.91 Å². The fourth-order valence-corrected chi connectivity index (χ4v) is 1.87. The number of amides is 1. The third-order valence-corrected chi connectivity index (χ3v) is 3.02. The molecular weight excluding hydrogens is 236 g/mol. The Hall–Kier alpha value is -1.61. The Kier molecular flexibility index (Phi) is 3.29. The average molecular weight is 249 g/mol. The first-order chi connectivity index (χ1) is 8.13. The molecular formula is C13H13ClN2O. The Balaban J connectivity index is 2.54. The normalized spacial score (nSPS) is 10.5. The number of nitrogens with zero attached hydrogens (tertiary/aromatic N) is 2. The zero-order chi connectivity index (χ0) is 12.4. The number of benzene rings is 1. The Labute approximate surface area is 105 Å². The van der Waals surface area contributed by atoms with Crippen molar-refractivity contribution >= 4 is 28.3 Å². The molecule has 88 valence electrons. The maximum Gasteiger partial charge on any atom is 0.272 e. The molecule has 1 aromatic carbocycles. The number of halogens is 1. The Morgan fingerprint density at radius 3 is 2.82 bits per heavy atom. The summed E-state index contributed by atoms with van der Waals surface area (Å²) in [6.45, 7) is 2.56. The summed E-state index contributed by atoms with van der Waals surface area (Å²) in [6, 6.07) is 9.40. The summed E-state index contributed by atoms with van der Waals surface area (Å²) in [6.07, 6.45) is 0. The molecule has 2 rings (SSSR count). The van der Waals surface area contributed by atoms with Crippen LogP contribution in [0.2, 0.25) is 5.15 Å². The molecule has 0 fully saturated rings. The first kappa shape index (κ1) is 11.9. The Bertz CT molecular complexity index is 568. The van der Waals surface area contributed by atoms with E-state index in [4.69, 9.17) is 11.6 Å². The van der Waals surface area contributed by atoms with Gasteiger partial charge in [-0.05, 0) is 18.4 Å². The lowest BCUT2D eigenvalue weighted by atomic mass is 10.1. The van der Waals surface area contributed by atoms with Gasteiger partial charge in [0.2, 0.25) is 0 Å². The summed E-state index contributed by atoms with van der Waals surface area (Å²) in [5.74, 6) is -0.111. The van der Waals surface area contributed by atoms with E-state index in [1.165, 1.54) is 0 Å². The van der Waals surface area contributed by atoms with Crippen molar-refractivity contribution < 1.29 is 4.79 Å². The van der Waals surface area contributed by atoms with Crippen molar-refractivity contribution in [3.8, 4) is 0 Å². The molecule has 0 atom stereocenters. The lowest BCUT2D eigenvalue weighted by Gasteiger charge is -2.14. The first-order valence-corrected chi connectivity index (χ1v) is 5.82. The SMILES string of the molecule is CCN(C)C(=O)c1cc2ccccc2c(Cl)n1. The smallest absolute Gasteiger partial charge is 0.272 e. The highest BCUT2D eigenvalue weighted by Gasteiger charge is 2.13. The van der Waals surface area contributed by atoms with Crippen molar-refractivity contribution in [2.45, 2.75) is 6.92 Å². The molecule has 0 bridgehead atoms. The van der Waals surface area contributed by atoms with Gasteiger partial charge in [0.1, 0.15) is 10.8 Å². The predicted molar refractivity (Wildman–Crippen MR) is 69.4 cm³/mol. The van der Waals surface area contributed by atoms with Gasteiger partial charge < -0.3 is 4.90 Å². The van der Waals surface area contributed by atoms with Crippen molar-refractivity contribution in [2.75, 3.05) is 13.6 Å². The van der Waals surface area contributed by atoms with Crippen molar-refractivity contribution in [3.05, 3.63) is 41.2 Å². The number of pyridine rings is 1. The molecule has 0 aliphatic heterocycles. The molecule has 0 N–H and O–H groups in total. The van der Waals surface area contributed by atoms with E-state index in [9.17, 15) is 4.79 Å². The average Bonchev–Trinajstić information content (AvgIpc) is 2.37. The zero-order valence-corrected chi connectivity index (χ0v) is 10.5. The first-order valence-electron chi connectivity index (χ1n) is 5.44. The van der Waals surface area contributed by atoms with Gasteiger partial charge in [-0.3, -0.25) is 4.79 Å². The summed E-state index contributed by atoms with van der Waals surface area (Å²) in [5, 5.41) is 2.17. The molecule has 17 heavy (non-hydrogen) atoms. The highest BCUT2D eigenvalue weighted by Crippen LogP contribution is 2.22. The van der Waals surface area contributed by atoms with Crippen molar-refractivity contribution in [2.24, 2.45) is 0 Å². The minimum Gasteiger partial charge on any atom is -0.341 e. The van der Waals surface area contributed by atoms with Crippen LogP contribution in [0.15, 0.2) is 30.3 Å². The van der Waals surface area contributed by atoms with Crippen LogP contribution in [-0.2, 0) is 0 Å². The highest BCUT2D eigenvalue weighted by atomic mass is 35.5. The Morgan fingerprint density at radius 1 is 1.41 bits per heavy atom. The quantitative estimate of drug-likeness (QED) is 0.766. The van der Waals surface area contributed by atoms with E-state index in [1.54, 1.807) is 18.0 Å². The number of carbonyl (C=O) groups is 1.